The van der Waals surface area contributed by atoms with Crippen molar-refractivity contribution < 1.29 is 9.53 Å². The Kier molecular flexibility index (Phi) is 4.97. The van der Waals surface area contributed by atoms with Gasteiger partial charge >= 0.3 is 0 Å². The summed E-state index contributed by atoms with van der Waals surface area (Å²) in [7, 11) is 3.91. The molecule has 0 radical (unpaired) electrons. The Hall–Kier alpha value is -2.18. The first-order valence-corrected chi connectivity index (χ1v) is 8.21. The number of benzene rings is 1. The molecule has 3 rings (SSSR count). The monoisotopic (exact) mass is 328 g/mol. The maximum absolute atomic E-state index is 12.4. The van der Waals surface area contributed by atoms with Crippen LogP contribution in [-0.2, 0) is 11.8 Å². The lowest BCUT2D eigenvalue weighted by Crippen LogP contribution is -2.48. The van der Waals surface area contributed by atoms with Crippen molar-refractivity contribution in [1.82, 2.24) is 20.0 Å². The van der Waals surface area contributed by atoms with Crippen molar-refractivity contribution in [2.45, 2.75) is 19.1 Å². The lowest BCUT2D eigenvalue weighted by molar-refractivity contribution is -0.0605. The number of rotatable bonds is 4. The summed E-state index contributed by atoms with van der Waals surface area (Å²) in [5.41, 5.74) is 2.55. The van der Waals surface area contributed by atoms with E-state index in [9.17, 15) is 4.79 Å². The highest BCUT2D eigenvalue weighted by molar-refractivity contribution is 5.95. The second-order valence-corrected chi connectivity index (χ2v) is 6.26. The number of carbonyl (C=O) groups excluding carboxylic acids is 1. The first-order chi connectivity index (χ1) is 11.6. The molecule has 1 N–H and O–H groups in total. The van der Waals surface area contributed by atoms with Gasteiger partial charge in [0.05, 0.1) is 30.0 Å². The lowest BCUT2D eigenvalue weighted by atomic mass is 9.98. The lowest BCUT2D eigenvalue weighted by Gasteiger charge is -2.39. The Labute approximate surface area is 142 Å². The van der Waals surface area contributed by atoms with Gasteiger partial charge in [0.25, 0.3) is 5.91 Å². The van der Waals surface area contributed by atoms with Crippen LogP contribution in [0.2, 0.25) is 0 Å². The van der Waals surface area contributed by atoms with Crippen molar-refractivity contribution in [2.24, 2.45) is 7.05 Å². The quantitative estimate of drug-likeness (QED) is 0.925. The van der Waals surface area contributed by atoms with Crippen LogP contribution in [0, 0.1) is 6.92 Å². The number of amides is 1. The third-order valence-corrected chi connectivity index (χ3v) is 4.47. The highest BCUT2D eigenvalue weighted by Gasteiger charge is 2.31. The summed E-state index contributed by atoms with van der Waals surface area (Å²) < 4.78 is 7.61. The van der Waals surface area contributed by atoms with Crippen LogP contribution >= 0.6 is 0 Å². The average molecular weight is 328 g/mol. The summed E-state index contributed by atoms with van der Waals surface area (Å²) in [6.45, 7) is 3.86. The highest BCUT2D eigenvalue weighted by Crippen LogP contribution is 2.27. The Morgan fingerprint density at radius 3 is 2.75 bits per heavy atom. The van der Waals surface area contributed by atoms with Gasteiger partial charge in [0.2, 0.25) is 0 Å². The summed E-state index contributed by atoms with van der Waals surface area (Å²) in [4.78, 5) is 14.7. The van der Waals surface area contributed by atoms with Crippen molar-refractivity contribution in [3.63, 3.8) is 0 Å². The minimum Gasteiger partial charge on any atom is -0.373 e. The molecule has 1 aromatic heterocycles. The van der Waals surface area contributed by atoms with Gasteiger partial charge in [-0.25, -0.2) is 0 Å². The van der Waals surface area contributed by atoms with Crippen molar-refractivity contribution in [3.8, 4) is 0 Å². The van der Waals surface area contributed by atoms with Gasteiger partial charge in [-0.3, -0.25) is 14.4 Å². The fourth-order valence-electron chi connectivity index (χ4n) is 3.26. The van der Waals surface area contributed by atoms with Gasteiger partial charge in [-0.2, -0.15) is 5.10 Å². The van der Waals surface area contributed by atoms with Crippen LogP contribution in [0.4, 0.5) is 0 Å². The van der Waals surface area contributed by atoms with Crippen LogP contribution in [0.1, 0.15) is 27.7 Å². The zero-order valence-electron chi connectivity index (χ0n) is 14.4. The number of ether oxygens (including phenoxy) is 1. The molecule has 1 aromatic carbocycles. The molecular formula is C18H24N4O2. The van der Waals surface area contributed by atoms with E-state index in [1.54, 1.807) is 10.9 Å². The summed E-state index contributed by atoms with van der Waals surface area (Å²) in [5, 5.41) is 7.22. The molecule has 0 saturated carbocycles. The van der Waals surface area contributed by atoms with Crippen molar-refractivity contribution >= 4 is 5.91 Å². The Bertz CT molecular complexity index is 698. The van der Waals surface area contributed by atoms with Gasteiger partial charge in [0.15, 0.2) is 0 Å². The second kappa shape index (κ2) is 7.15. The summed E-state index contributed by atoms with van der Waals surface area (Å²) in [6.07, 6.45) is 1.67. The van der Waals surface area contributed by atoms with E-state index in [0.29, 0.717) is 18.7 Å². The molecule has 1 amide bonds. The number of nitrogens with one attached hydrogen (secondary N) is 1. The molecule has 1 saturated heterocycles. The van der Waals surface area contributed by atoms with Gasteiger partial charge in [0, 0.05) is 26.3 Å². The maximum Gasteiger partial charge on any atom is 0.254 e. The molecule has 1 fully saturated rings. The number of likely N-dealkylation sites (N-methyl/N-ethyl adjacent to an activating group) is 1. The minimum absolute atomic E-state index is 0.0768. The standard InChI is InChI=1S/C18H24N4O2/c1-13-15(12-22(3)20-13)18(23)19-11-16-17(21(2)9-10-24-16)14-7-5-4-6-8-14/h4-8,12,16-17H,9-11H2,1-3H3,(H,19,23)/t16-,17-/m0/s1. The summed E-state index contributed by atoms with van der Waals surface area (Å²) >= 11 is 0. The molecule has 6 nitrogen and oxygen atoms in total. The third-order valence-electron chi connectivity index (χ3n) is 4.47. The Balaban J connectivity index is 1.70. The van der Waals surface area contributed by atoms with Crippen LogP contribution in [-0.4, -0.2) is 53.4 Å². The largest absolute Gasteiger partial charge is 0.373 e. The number of hydrogen-bond donors (Lipinski definition) is 1. The molecule has 1 aliphatic heterocycles. The fraction of sp³-hybridized carbons (Fsp3) is 0.444. The van der Waals surface area contributed by atoms with Crippen molar-refractivity contribution in [2.75, 3.05) is 26.7 Å². The van der Waals surface area contributed by atoms with E-state index in [1.165, 1.54) is 5.56 Å². The van der Waals surface area contributed by atoms with Gasteiger partial charge < -0.3 is 10.1 Å². The molecule has 2 heterocycles. The first-order valence-electron chi connectivity index (χ1n) is 8.21. The van der Waals surface area contributed by atoms with E-state index in [2.05, 4.69) is 34.5 Å². The van der Waals surface area contributed by atoms with Crippen LogP contribution in [0.15, 0.2) is 36.5 Å². The van der Waals surface area contributed by atoms with Crippen molar-refractivity contribution in [1.29, 1.82) is 0 Å². The number of aromatic nitrogens is 2. The predicted octanol–water partition coefficient (Wildman–Crippen LogP) is 1.53. The Morgan fingerprint density at radius 1 is 1.33 bits per heavy atom. The number of carbonyl (C=O) groups is 1. The van der Waals surface area contributed by atoms with E-state index < -0.39 is 0 Å². The van der Waals surface area contributed by atoms with E-state index >= 15 is 0 Å². The number of morpholine rings is 1. The average Bonchev–Trinajstić information content (AvgIpc) is 2.92. The molecule has 0 unspecified atom stereocenters. The molecule has 0 aliphatic carbocycles. The highest BCUT2D eigenvalue weighted by atomic mass is 16.5. The van der Waals surface area contributed by atoms with Gasteiger partial charge in [0.1, 0.15) is 0 Å². The van der Waals surface area contributed by atoms with Gasteiger partial charge in [-0.1, -0.05) is 30.3 Å². The van der Waals surface area contributed by atoms with E-state index in [4.69, 9.17) is 4.74 Å². The summed E-state index contributed by atoms with van der Waals surface area (Å²) in [6, 6.07) is 10.4. The number of hydrogen-bond acceptors (Lipinski definition) is 4. The molecule has 128 valence electrons. The first kappa shape index (κ1) is 16.7. The van der Waals surface area contributed by atoms with Crippen LogP contribution in [0.3, 0.4) is 0 Å². The number of nitrogens with zero attached hydrogens (tertiary/aromatic N) is 3. The summed E-state index contributed by atoms with van der Waals surface area (Å²) in [5.74, 6) is -0.107. The van der Waals surface area contributed by atoms with Crippen LogP contribution in [0.5, 0.6) is 0 Å². The molecule has 0 bridgehead atoms. The molecule has 6 heteroatoms. The molecule has 24 heavy (non-hydrogen) atoms. The number of aryl methyl sites for hydroxylation is 2. The van der Waals surface area contributed by atoms with Crippen LogP contribution in [0.25, 0.3) is 0 Å². The smallest absolute Gasteiger partial charge is 0.254 e. The molecular weight excluding hydrogens is 304 g/mol. The zero-order valence-corrected chi connectivity index (χ0v) is 14.4. The second-order valence-electron chi connectivity index (χ2n) is 6.26. The molecule has 2 aromatic rings. The molecule has 0 spiro atoms. The Morgan fingerprint density at radius 2 is 2.08 bits per heavy atom. The van der Waals surface area contributed by atoms with E-state index in [1.807, 2.05) is 32.2 Å². The van der Waals surface area contributed by atoms with E-state index in [0.717, 1.165) is 12.2 Å². The van der Waals surface area contributed by atoms with Gasteiger partial charge in [-0.15, -0.1) is 0 Å². The third kappa shape index (κ3) is 3.49. The molecule has 1 aliphatic rings. The normalized spacial score (nSPS) is 21.6. The fourth-order valence-corrected chi connectivity index (χ4v) is 3.26. The maximum atomic E-state index is 12.4. The SMILES string of the molecule is Cc1nn(C)cc1C(=O)NC[C@@H]1OCCN(C)[C@H]1c1ccccc1. The van der Waals surface area contributed by atoms with Gasteiger partial charge in [-0.05, 0) is 19.5 Å². The topological polar surface area (TPSA) is 59.4 Å². The predicted molar refractivity (Wildman–Crippen MR) is 91.8 cm³/mol. The minimum atomic E-state index is -0.107. The molecule has 2 atom stereocenters. The van der Waals surface area contributed by atoms with E-state index in [-0.39, 0.29) is 18.1 Å². The zero-order chi connectivity index (χ0) is 17.1. The van der Waals surface area contributed by atoms with Crippen LogP contribution < -0.4 is 5.32 Å². The van der Waals surface area contributed by atoms with Crippen molar-refractivity contribution in [3.05, 3.63) is 53.3 Å².